The van der Waals surface area contributed by atoms with E-state index >= 15 is 0 Å². The van der Waals surface area contributed by atoms with Gasteiger partial charge in [0.05, 0.1) is 12.2 Å². The minimum atomic E-state index is -0.501. The quantitative estimate of drug-likeness (QED) is 0.562. The number of carbonyl (C=O) groups is 3. The Morgan fingerprint density at radius 3 is 2.32 bits per heavy atom. The Bertz CT molecular complexity index is 871. The number of carbonyl (C=O) groups excluding carboxylic acids is 3. The monoisotopic (exact) mass is 387 g/mol. The lowest BCUT2D eigenvalue weighted by molar-refractivity contribution is -0.116. The van der Waals surface area contributed by atoms with Crippen LogP contribution >= 0.6 is 0 Å². The van der Waals surface area contributed by atoms with E-state index in [1.165, 1.54) is 18.9 Å². The van der Waals surface area contributed by atoms with E-state index in [9.17, 15) is 14.4 Å². The second kappa shape index (κ2) is 9.18. The third-order valence-electron chi connectivity index (χ3n) is 4.37. The number of benzene rings is 1. The Labute approximate surface area is 163 Å². The minimum Gasteiger partial charge on any atom is -0.460 e. The van der Waals surface area contributed by atoms with Crippen molar-refractivity contribution in [1.29, 1.82) is 0 Å². The van der Waals surface area contributed by atoms with E-state index in [-0.39, 0.29) is 18.4 Å². The van der Waals surface area contributed by atoms with Crippen molar-refractivity contribution in [2.24, 2.45) is 0 Å². The fourth-order valence-electron chi connectivity index (χ4n) is 2.72. The molecule has 0 radical (unpaired) electrons. The molecular formula is C20H25N3O5. The molecule has 8 heteroatoms. The van der Waals surface area contributed by atoms with Crippen molar-refractivity contribution >= 4 is 29.2 Å². The predicted molar refractivity (Wildman–Crippen MR) is 106 cm³/mol. The molecule has 1 aromatic heterocycles. The normalized spacial score (nSPS) is 10.5. The molecule has 0 spiro atoms. The molecule has 28 heavy (non-hydrogen) atoms. The van der Waals surface area contributed by atoms with Crippen LogP contribution in [0.3, 0.4) is 0 Å². The van der Waals surface area contributed by atoms with E-state index in [1.807, 2.05) is 0 Å². The number of hydrogen-bond acceptors (Lipinski definition) is 5. The number of nitrogens with one attached hydrogen (secondary N) is 2. The largest absolute Gasteiger partial charge is 0.460 e. The van der Waals surface area contributed by atoms with Crippen molar-refractivity contribution in [3.8, 4) is 0 Å². The molecule has 1 aromatic carbocycles. The summed E-state index contributed by atoms with van der Waals surface area (Å²) in [5, 5.41) is 2.78. The maximum absolute atomic E-state index is 12.6. The third-order valence-corrected chi connectivity index (χ3v) is 4.37. The maximum atomic E-state index is 12.6. The van der Waals surface area contributed by atoms with Crippen LogP contribution in [0.4, 0.5) is 11.4 Å². The zero-order valence-electron chi connectivity index (χ0n) is 16.7. The van der Waals surface area contributed by atoms with Crippen molar-refractivity contribution < 1.29 is 23.9 Å². The molecule has 2 N–H and O–H groups in total. The number of aromatic amines is 1. The number of aromatic nitrogens is 1. The lowest BCUT2D eigenvalue weighted by atomic mass is 10.1. The average Bonchev–Trinajstić information content (AvgIpc) is 2.96. The summed E-state index contributed by atoms with van der Waals surface area (Å²) in [5.74, 6) is -0.956. The van der Waals surface area contributed by atoms with Crippen molar-refractivity contribution in [3.63, 3.8) is 0 Å². The predicted octanol–water partition coefficient (Wildman–Crippen LogP) is 2.67. The zero-order chi connectivity index (χ0) is 20.8. The molecule has 0 atom stereocenters. The summed E-state index contributed by atoms with van der Waals surface area (Å²) in [4.78, 5) is 40.7. The first-order chi connectivity index (χ1) is 13.3. The Morgan fingerprint density at radius 1 is 1.11 bits per heavy atom. The molecule has 2 amide bonds. The number of nitrogens with zero attached hydrogens (tertiary/aromatic N) is 1. The topological polar surface area (TPSA) is 101 Å². The minimum absolute atomic E-state index is 0.0841. The number of ether oxygens (including phenoxy) is 2. The molecule has 1 heterocycles. The van der Waals surface area contributed by atoms with E-state index < -0.39 is 5.97 Å². The molecule has 0 aliphatic carbocycles. The summed E-state index contributed by atoms with van der Waals surface area (Å²) >= 11 is 0. The number of H-pyrrole nitrogens is 1. The third kappa shape index (κ3) is 4.77. The second-order valence-electron chi connectivity index (χ2n) is 6.33. The van der Waals surface area contributed by atoms with Crippen molar-refractivity contribution in [2.75, 3.05) is 37.6 Å². The number of esters is 1. The first-order valence-corrected chi connectivity index (χ1v) is 8.77. The van der Waals surface area contributed by atoms with Crippen LogP contribution in [-0.4, -0.2) is 50.1 Å². The van der Waals surface area contributed by atoms with Crippen LogP contribution in [0.2, 0.25) is 0 Å². The molecular weight excluding hydrogens is 362 g/mol. The van der Waals surface area contributed by atoms with Gasteiger partial charge in [-0.3, -0.25) is 9.59 Å². The molecule has 0 saturated carbocycles. The van der Waals surface area contributed by atoms with Gasteiger partial charge in [-0.2, -0.15) is 0 Å². The summed E-state index contributed by atoms with van der Waals surface area (Å²) < 4.78 is 10.0. The summed E-state index contributed by atoms with van der Waals surface area (Å²) in [7, 11) is 3.20. The Morgan fingerprint density at radius 2 is 1.75 bits per heavy atom. The molecule has 0 bridgehead atoms. The maximum Gasteiger partial charge on any atom is 0.340 e. The van der Waals surface area contributed by atoms with Gasteiger partial charge in [0.1, 0.15) is 12.3 Å². The molecule has 2 rings (SSSR count). The number of rotatable bonds is 7. The Balaban J connectivity index is 2.13. The highest BCUT2D eigenvalue weighted by molar-refractivity contribution is 6.07. The van der Waals surface area contributed by atoms with Gasteiger partial charge in [0.15, 0.2) is 0 Å². The standard InChI is InChI=1S/C20H25N3O5/c1-12-17(20(26)28-11-10-27-5)13(2)21-18(12)19(25)22-15-6-8-16(9-7-15)23(4)14(3)24/h6-9,21H,10-11H2,1-5H3,(H,22,25). The van der Waals surface area contributed by atoms with Gasteiger partial charge in [0.25, 0.3) is 5.91 Å². The van der Waals surface area contributed by atoms with E-state index in [0.717, 1.165) is 5.69 Å². The van der Waals surface area contributed by atoms with Crippen LogP contribution < -0.4 is 10.2 Å². The number of anilines is 2. The van der Waals surface area contributed by atoms with Crippen molar-refractivity contribution in [3.05, 3.63) is 46.8 Å². The van der Waals surface area contributed by atoms with Crippen molar-refractivity contribution in [1.82, 2.24) is 4.98 Å². The first kappa shape index (κ1) is 21.2. The average molecular weight is 387 g/mol. The molecule has 0 unspecified atom stereocenters. The van der Waals surface area contributed by atoms with Gasteiger partial charge in [-0.05, 0) is 43.7 Å². The SMILES string of the molecule is COCCOC(=O)c1c(C)[nH]c(C(=O)Nc2ccc(N(C)C(C)=O)cc2)c1C. The molecule has 150 valence electrons. The van der Waals surface area contributed by atoms with Crippen molar-refractivity contribution in [2.45, 2.75) is 20.8 Å². The van der Waals surface area contributed by atoms with Crippen LogP contribution in [0.1, 0.15) is 39.0 Å². The smallest absolute Gasteiger partial charge is 0.340 e. The summed E-state index contributed by atoms with van der Waals surface area (Å²) in [6.45, 7) is 5.32. The zero-order valence-corrected chi connectivity index (χ0v) is 16.7. The number of methoxy groups -OCH3 is 1. The van der Waals surface area contributed by atoms with E-state index in [1.54, 1.807) is 45.2 Å². The molecule has 0 saturated heterocycles. The molecule has 2 aromatic rings. The van der Waals surface area contributed by atoms with Crippen LogP contribution in [-0.2, 0) is 14.3 Å². The van der Waals surface area contributed by atoms with Crippen LogP contribution in [0.5, 0.6) is 0 Å². The van der Waals surface area contributed by atoms with Gasteiger partial charge in [-0.1, -0.05) is 0 Å². The fraction of sp³-hybridized carbons (Fsp3) is 0.350. The van der Waals surface area contributed by atoms with Crippen LogP contribution in [0.15, 0.2) is 24.3 Å². The second-order valence-corrected chi connectivity index (χ2v) is 6.33. The van der Waals surface area contributed by atoms with Gasteiger partial charge < -0.3 is 24.7 Å². The molecule has 0 aliphatic rings. The van der Waals surface area contributed by atoms with Gasteiger partial charge in [-0.15, -0.1) is 0 Å². The van der Waals surface area contributed by atoms with Crippen LogP contribution in [0, 0.1) is 13.8 Å². The lowest BCUT2D eigenvalue weighted by Gasteiger charge is -2.15. The van der Waals surface area contributed by atoms with E-state index in [2.05, 4.69) is 10.3 Å². The van der Waals surface area contributed by atoms with E-state index in [4.69, 9.17) is 9.47 Å². The highest BCUT2D eigenvalue weighted by Crippen LogP contribution is 2.21. The van der Waals surface area contributed by atoms with Gasteiger partial charge in [-0.25, -0.2) is 4.79 Å². The number of aryl methyl sites for hydroxylation is 1. The molecule has 0 fully saturated rings. The number of amides is 2. The summed E-state index contributed by atoms with van der Waals surface area (Å²) in [6.07, 6.45) is 0. The lowest BCUT2D eigenvalue weighted by Crippen LogP contribution is -2.22. The summed E-state index contributed by atoms with van der Waals surface area (Å²) in [5.41, 5.74) is 3.01. The molecule has 8 nitrogen and oxygen atoms in total. The highest BCUT2D eigenvalue weighted by Gasteiger charge is 2.23. The first-order valence-electron chi connectivity index (χ1n) is 8.77. The summed E-state index contributed by atoms with van der Waals surface area (Å²) in [6, 6.07) is 6.89. The fourth-order valence-corrected chi connectivity index (χ4v) is 2.72. The van der Waals surface area contributed by atoms with Gasteiger partial charge in [0.2, 0.25) is 5.91 Å². The van der Waals surface area contributed by atoms with Crippen LogP contribution in [0.25, 0.3) is 0 Å². The van der Waals surface area contributed by atoms with Gasteiger partial charge >= 0.3 is 5.97 Å². The Hall–Kier alpha value is -3.13. The molecule has 0 aliphatic heterocycles. The highest BCUT2D eigenvalue weighted by atomic mass is 16.6. The van der Waals surface area contributed by atoms with E-state index in [0.29, 0.717) is 34.8 Å². The Kier molecular flexibility index (Phi) is 6.94. The van der Waals surface area contributed by atoms with Gasteiger partial charge in [0, 0.05) is 38.1 Å². The number of hydrogen-bond donors (Lipinski definition) is 2.